The fourth-order valence-electron chi connectivity index (χ4n) is 2.45. The van der Waals surface area contributed by atoms with Gasteiger partial charge in [-0.3, -0.25) is 4.79 Å². The summed E-state index contributed by atoms with van der Waals surface area (Å²) in [5.74, 6) is 0.437. The first-order valence-electron chi connectivity index (χ1n) is 8.33. The number of carbonyl (C=O) groups is 1. The van der Waals surface area contributed by atoms with Crippen LogP contribution in [0.15, 0.2) is 42.5 Å². The van der Waals surface area contributed by atoms with Crippen molar-refractivity contribution in [2.24, 2.45) is 0 Å². The molecule has 1 atom stereocenters. The number of rotatable bonds is 5. The van der Waals surface area contributed by atoms with Crippen LogP contribution in [0.5, 0.6) is 5.75 Å². The lowest BCUT2D eigenvalue weighted by Gasteiger charge is -2.19. The lowest BCUT2D eigenvalue weighted by atomic mass is 10.0. The molecule has 2 aromatic carbocycles. The Labute approximate surface area is 151 Å². The van der Waals surface area contributed by atoms with Crippen molar-refractivity contribution in [3.8, 4) is 5.75 Å². The van der Waals surface area contributed by atoms with E-state index in [2.05, 4.69) is 5.32 Å². The number of ether oxygens (including phenoxy) is 1. The van der Waals surface area contributed by atoms with E-state index in [1.54, 1.807) is 6.92 Å². The molecule has 1 amide bonds. The quantitative estimate of drug-likeness (QED) is 0.755. The van der Waals surface area contributed by atoms with Crippen LogP contribution in [-0.4, -0.2) is 12.0 Å². The summed E-state index contributed by atoms with van der Waals surface area (Å²) in [5, 5.41) is 2.57. The van der Waals surface area contributed by atoms with Crippen LogP contribution in [0.2, 0.25) is 0 Å². The van der Waals surface area contributed by atoms with E-state index < -0.39 is 23.8 Å². The first-order valence-corrected chi connectivity index (χ1v) is 8.33. The first kappa shape index (κ1) is 19.8. The van der Waals surface area contributed by atoms with Crippen LogP contribution < -0.4 is 10.1 Å². The van der Waals surface area contributed by atoms with E-state index in [1.807, 2.05) is 39.0 Å². The largest absolute Gasteiger partial charge is 0.481 e. The monoisotopic (exact) mass is 365 g/mol. The standard InChI is InChI=1S/C20H22F3NO2/c1-12(2)17-10-5-13(3)11-18(17)26-14(4)19(25)24-16-8-6-15(7-9-16)20(21,22)23/h5-12,14H,1-4H3,(H,24,25)/t14-/m0/s1. The molecular formula is C20H22F3NO2. The minimum Gasteiger partial charge on any atom is -0.481 e. The second-order valence-electron chi connectivity index (χ2n) is 6.52. The van der Waals surface area contributed by atoms with Crippen molar-refractivity contribution in [2.45, 2.75) is 45.9 Å². The molecule has 0 aliphatic heterocycles. The minimum absolute atomic E-state index is 0.232. The zero-order valence-electron chi connectivity index (χ0n) is 15.1. The molecule has 0 saturated heterocycles. The van der Waals surface area contributed by atoms with Crippen molar-refractivity contribution >= 4 is 11.6 Å². The van der Waals surface area contributed by atoms with E-state index in [-0.39, 0.29) is 11.6 Å². The van der Waals surface area contributed by atoms with Crippen molar-refractivity contribution in [3.05, 3.63) is 59.2 Å². The van der Waals surface area contributed by atoms with Crippen LogP contribution in [0.4, 0.5) is 18.9 Å². The third-order valence-corrected chi connectivity index (χ3v) is 3.94. The molecule has 1 N–H and O–H groups in total. The molecule has 0 aliphatic rings. The van der Waals surface area contributed by atoms with Gasteiger partial charge < -0.3 is 10.1 Å². The number of anilines is 1. The van der Waals surface area contributed by atoms with Gasteiger partial charge in [0.25, 0.3) is 5.91 Å². The molecule has 2 rings (SSSR count). The molecule has 0 unspecified atom stereocenters. The Kier molecular flexibility index (Phi) is 5.95. The lowest BCUT2D eigenvalue weighted by Crippen LogP contribution is -2.30. The SMILES string of the molecule is Cc1ccc(C(C)C)c(O[C@@H](C)C(=O)Nc2ccc(C(F)(F)F)cc2)c1. The van der Waals surface area contributed by atoms with E-state index in [9.17, 15) is 18.0 Å². The van der Waals surface area contributed by atoms with E-state index in [4.69, 9.17) is 4.74 Å². The van der Waals surface area contributed by atoms with Crippen molar-refractivity contribution in [3.63, 3.8) is 0 Å². The van der Waals surface area contributed by atoms with E-state index >= 15 is 0 Å². The van der Waals surface area contributed by atoms with Gasteiger partial charge in [0.15, 0.2) is 6.10 Å². The van der Waals surface area contributed by atoms with Gasteiger partial charge in [0.2, 0.25) is 0 Å². The van der Waals surface area contributed by atoms with Crippen molar-refractivity contribution in [2.75, 3.05) is 5.32 Å². The molecule has 0 spiro atoms. The summed E-state index contributed by atoms with van der Waals surface area (Å²) in [5.41, 5.74) is 1.53. The Morgan fingerprint density at radius 2 is 1.65 bits per heavy atom. The smallest absolute Gasteiger partial charge is 0.416 e. The number of hydrogen-bond acceptors (Lipinski definition) is 2. The minimum atomic E-state index is -4.41. The Balaban J connectivity index is 2.08. The van der Waals surface area contributed by atoms with E-state index in [1.165, 1.54) is 12.1 Å². The highest BCUT2D eigenvalue weighted by Gasteiger charge is 2.30. The molecule has 0 radical (unpaired) electrons. The number of alkyl halides is 3. The third-order valence-electron chi connectivity index (χ3n) is 3.94. The molecule has 2 aromatic rings. The van der Waals surface area contributed by atoms with E-state index in [0.29, 0.717) is 5.75 Å². The van der Waals surface area contributed by atoms with Crippen LogP contribution >= 0.6 is 0 Å². The van der Waals surface area contributed by atoms with Crippen LogP contribution in [0.25, 0.3) is 0 Å². The topological polar surface area (TPSA) is 38.3 Å². The van der Waals surface area contributed by atoms with Crippen LogP contribution in [0, 0.1) is 6.92 Å². The molecule has 0 aromatic heterocycles. The van der Waals surface area contributed by atoms with Gasteiger partial charge in [0.1, 0.15) is 5.75 Å². The Hall–Kier alpha value is -2.50. The molecule has 3 nitrogen and oxygen atoms in total. The second kappa shape index (κ2) is 7.81. The van der Waals surface area contributed by atoms with Crippen molar-refractivity contribution in [1.82, 2.24) is 0 Å². The number of amides is 1. The van der Waals surface area contributed by atoms with Gasteiger partial charge in [-0.1, -0.05) is 26.0 Å². The summed E-state index contributed by atoms with van der Waals surface area (Å²) in [6.45, 7) is 7.60. The maximum atomic E-state index is 12.6. The number of benzene rings is 2. The third kappa shape index (κ3) is 5.00. The zero-order valence-corrected chi connectivity index (χ0v) is 15.1. The van der Waals surface area contributed by atoms with Crippen molar-refractivity contribution in [1.29, 1.82) is 0 Å². The van der Waals surface area contributed by atoms with Gasteiger partial charge in [0.05, 0.1) is 5.56 Å². The van der Waals surface area contributed by atoms with Gasteiger partial charge in [0, 0.05) is 5.69 Å². The molecule has 26 heavy (non-hydrogen) atoms. The number of halogens is 3. The highest BCUT2D eigenvalue weighted by Crippen LogP contribution is 2.30. The maximum Gasteiger partial charge on any atom is 0.416 e. The van der Waals surface area contributed by atoms with Crippen LogP contribution in [0.3, 0.4) is 0 Å². The summed E-state index contributed by atoms with van der Waals surface area (Å²) >= 11 is 0. The molecule has 0 heterocycles. The van der Waals surface area contributed by atoms with E-state index in [0.717, 1.165) is 23.3 Å². The Morgan fingerprint density at radius 1 is 1.04 bits per heavy atom. The average Bonchev–Trinajstić information content (AvgIpc) is 2.54. The van der Waals surface area contributed by atoms with Crippen LogP contribution in [0.1, 0.15) is 43.4 Å². The van der Waals surface area contributed by atoms with Gasteiger partial charge in [-0.25, -0.2) is 0 Å². The fourth-order valence-corrected chi connectivity index (χ4v) is 2.45. The normalized spacial score (nSPS) is 12.8. The van der Waals surface area contributed by atoms with Gasteiger partial charge in [-0.2, -0.15) is 13.2 Å². The number of nitrogens with one attached hydrogen (secondary N) is 1. The molecule has 6 heteroatoms. The Morgan fingerprint density at radius 3 is 2.19 bits per heavy atom. The second-order valence-corrected chi connectivity index (χ2v) is 6.52. The van der Waals surface area contributed by atoms with Crippen molar-refractivity contribution < 1.29 is 22.7 Å². The zero-order chi connectivity index (χ0) is 19.5. The molecular weight excluding hydrogens is 343 g/mol. The van der Waals surface area contributed by atoms with Crippen LogP contribution in [-0.2, 0) is 11.0 Å². The molecule has 0 aliphatic carbocycles. The Bertz CT molecular complexity index is 768. The first-order chi connectivity index (χ1) is 12.1. The number of aryl methyl sites for hydroxylation is 1. The highest BCUT2D eigenvalue weighted by atomic mass is 19.4. The summed E-state index contributed by atoms with van der Waals surface area (Å²) in [7, 11) is 0. The van der Waals surface area contributed by atoms with Gasteiger partial charge >= 0.3 is 6.18 Å². The molecule has 0 saturated carbocycles. The lowest BCUT2D eigenvalue weighted by molar-refractivity contribution is -0.137. The summed E-state index contributed by atoms with van der Waals surface area (Å²) in [4.78, 5) is 12.3. The van der Waals surface area contributed by atoms with Gasteiger partial charge in [-0.15, -0.1) is 0 Å². The number of carbonyl (C=O) groups excluding carboxylic acids is 1. The summed E-state index contributed by atoms with van der Waals surface area (Å²) in [6.07, 6.45) is -5.20. The number of hydrogen-bond donors (Lipinski definition) is 1. The predicted octanol–water partition coefficient (Wildman–Crippen LogP) is 5.54. The highest BCUT2D eigenvalue weighted by molar-refractivity contribution is 5.94. The molecule has 0 bridgehead atoms. The fraction of sp³-hybridized carbons (Fsp3) is 0.350. The van der Waals surface area contributed by atoms with Gasteiger partial charge in [-0.05, 0) is 61.2 Å². The molecule has 140 valence electrons. The summed E-state index contributed by atoms with van der Waals surface area (Å²) in [6, 6.07) is 10.1. The molecule has 0 fully saturated rings. The maximum absolute atomic E-state index is 12.6. The summed E-state index contributed by atoms with van der Waals surface area (Å²) < 4.78 is 43.6. The predicted molar refractivity (Wildman–Crippen MR) is 95.4 cm³/mol. The average molecular weight is 365 g/mol.